The van der Waals surface area contributed by atoms with Gasteiger partial charge in [-0.05, 0) is 42.5 Å². The number of benzene rings is 2. The second-order valence-corrected chi connectivity index (χ2v) is 5.31. The Morgan fingerprint density at radius 1 is 0.640 bits per heavy atom. The highest BCUT2D eigenvalue weighted by Gasteiger charge is 2.12. The molecule has 0 saturated carbocycles. The number of aromatic amines is 1. The van der Waals surface area contributed by atoms with Crippen molar-refractivity contribution in [2.45, 2.75) is 0 Å². The molecule has 2 aromatic carbocycles. The number of ether oxygens (including phenoxy) is 4. The Bertz CT molecular complexity index is 804. The minimum Gasteiger partial charge on any atom is -0.493 e. The zero-order chi connectivity index (χ0) is 17.8. The van der Waals surface area contributed by atoms with Gasteiger partial charge in [0.1, 0.15) is 0 Å². The molecule has 6 nitrogen and oxygen atoms in total. The average Bonchev–Trinajstić information content (AvgIpc) is 3.17. The second kappa shape index (κ2) is 7.17. The lowest BCUT2D eigenvalue weighted by molar-refractivity contribution is 0.355. The molecule has 0 radical (unpaired) electrons. The fourth-order valence-electron chi connectivity index (χ4n) is 2.62. The summed E-state index contributed by atoms with van der Waals surface area (Å²) in [6, 6.07) is 13.4. The molecule has 0 spiro atoms. The summed E-state index contributed by atoms with van der Waals surface area (Å²) in [6.45, 7) is 0. The van der Waals surface area contributed by atoms with Gasteiger partial charge in [-0.3, -0.25) is 5.10 Å². The first-order valence-corrected chi connectivity index (χ1v) is 7.70. The highest BCUT2D eigenvalue weighted by Crippen LogP contribution is 2.35. The van der Waals surface area contributed by atoms with E-state index in [-0.39, 0.29) is 0 Å². The monoisotopic (exact) mass is 340 g/mol. The van der Waals surface area contributed by atoms with E-state index in [1.54, 1.807) is 28.4 Å². The summed E-state index contributed by atoms with van der Waals surface area (Å²) < 4.78 is 21.3. The lowest BCUT2D eigenvalue weighted by Gasteiger charge is -2.08. The fraction of sp³-hybridized carbons (Fsp3) is 0.211. The highest BCUT2D eigenvalue weighted by molar-refractivity contribution is 5.71. The van der Waals surface area contributed by atoms with Crippen LogP contribution in [0.5, 0.6) is 23.0 Å². The summed E-state index contributed by atoms with van der Waals surface area (Å²) in [7, 11) is 6.45. The fourth-order valence-corrected chi connectivity index (χ4v) is 2.62. The van der Waals surface area contributed by atoms with Crippen molar-refractivity contribution >= 4 is 0 Å². The van der Waals surface area contributed by atoms with E-state index in [1.165, 1.54) is 0 Å². The lowest BCUT2D eigenvalue weighted by Crippen LogP contribution is -1.90. The molecule has 0 unspecified atom stereocenters. The van der Waals surface area contributed by atoms with E-state index in [1.807, 2.05) is 42.5 Å². The first-order chi connectivity index (χ1) is 12.2. The van der Waals surface area contributed by atoms with Crippen molar-refractivity contribution in [1.82, 2.24) is 10.2 Å². The van der Waals surface area contributed by atoms with Crippen LogP contribution < -0.4 is 18.9 Å². The van der Waals surface area contributed by atoms with Crippen LogP contribution >= 0.6 is 0 Å². The average molecular weight is 340 g/mol. The van der Waals surface area contributed by atoms with Gasteiger partial charge in [0.05, 0.1) is 39.8 Å². The Morgan fingerprint density at radius 2 is 1.16 bits per heavy atom. The van der Waals surface area contributed by atoms with Gasteiger partial charge in [-0.1, -0.05) is 0 Å². The van der Waals surface area contributed by atoms with Gasteiger partial charge in [-0.2, -0.15) is 5.10 Å². The third-order valence-corrected chi connectivity index (χ3v) is 3.95. The predicted octanol–water partition coefficient (Wildman–Crippen LogP) is 3.78. The maximum atomic E-state index is 5.36. The van der Waals surface area contributed by atoms with E-state index in [9.17, 15) is 0 Å². The van der Waals surface area contributed by atoms with E-state index < -0.39 is 0 Å². The third kappa shape index (κ3) is 3.24. The van der Waals surface area contributed by atoms with Crippen molar-refractivity contribution in [2.24, 2.45) is 0 Å². The van der Waals surface area contributed by atoms with Gasteiger partial charge in [-0.15, -0.1) is 0 Å². The molecule has 25 heavy (non-hydrogen) atoms. The quantitative estimate of drug-likeness (QED) is 0.740. The Balaban J connectivity index is 1.95. The van der Waals surface area contributed by atoms with Crippen LogP contribution in [-0.4, -0.2) is 38.6 Å². The smallest absolute Gasteiger partial charge is 0.161 e. The van der Waals surface area contributed by atoms with Crippen molar-refractivity contribution < 1.29 is 18.9 Å². The van der Waals surface area contributed by atoms with E-state index >= 15 is 0 Å². The first kappa shape index (κ1) is 16.7. The maximum Gasteiger partial charge on any atom is 0.161 e. The normalized spacial score (nSPS) is 10.4. The van der Waals surface area contributed by atoms with Crippen molar-refractivity contribution in [3.8, 4) is 45.5 Å². The van der Waals surface area contributed by atoms with Gasteiger partial charge in [0.15, 0.2) is 23.0 Å². The van der Waals surface area contributed by atoms with Crippen molar-refractivity contribution in [2.75, 3.05) is 28.4 Å². The van der Waals surface area contributed by atoms with Crippen LogP contribution in [0.15, 0.2) is 42.5 Å². The van der Waals surface area contributed by atoms with Gasteiger partial charge < -0.3 is 18.9 Å². The molecule has 0 aliphatic carbocycles. The van der Waals surface area contributed by atoms with Gasteiger partial charge in [-0.25, -0.2) is 0 Å². The molecule has 1 heterocycles. The zero-order valence-electron chi connectivity index (χ0n) is 14.6. The molecule has 3 rings (SSSR count). The van der Waals surface area contributed by atoms with E-state index in [0.717, 1.165) is 22.5 Å². The molecular formula is C19H20N2O4. The molecule has 0 bridgehead atoms. The van der Waals surface area contributed by atoms with Crippen LogP contribution in [-0.2, 0) is 0 Å². The highest BCUT2D eigenvalue weighted by atomic mass is 16.5. The van der Waals surface area contributed by atoms with Gasteiger partial charge in [0, 0.05) is 11.1 Å². The maximum absolute atomic E-state index is 5.36. The molecule has 0 atom stereocenters. The molecule has 1 N–H and O–H groups in total. The summed E-state index contributed by atoms with van der Waals surface area (Å²) >= 11 is 0. The van der Waals surface area contributed by atoms with Crippen molar-refractivity contribution in [1.29, 1.82) is 0 Å². The Hall–Kier alpha value is -3.15. The third-order valence-electron chi connectivity index (χ3n) is 3.95. The number of H-pyrrole nitrogens is 1. The second-order valence-electron chi connectivity index (χ2n) is 5.31. The van der Waals surface area contributed by atoms with Crippen LogP contribution in [0.2, 0.25) is 0 Å². The number of hydrogen-bond acceptors (Lipinski definition) is 5. The Kier molecular flexibility index (Phi) is 4.79. The number of methoxy groups -OCH3 is 4. The van der Waals surface area contributed by atoms with Crippen molar-refractivity contribution in [3.63, 3.8) is 0 Å². The Morgan fingerprint density at radius 3 is 1.72 bits per heavy atom. The standard InChI is InChI=1S/C19H20N2O4/c1-22-16-7-5-12(9-18(16)24-3)14-11-15(21-20-14)13-6-8-17(23-2)19(10-13)25-4/h5-11H,1-4H3,(H,20,21). The topological polar surface area (TPSA) is 65.6 Å². The molecule has 1 aromatic heterocycles. The largest absolute Gasteiger partial charge is 0.493 e. The number of aromatic nitrogens is 2. The summed E-state index contributed by atoms with van der Waals surface area (Å²) in [5, 5.41) is 7.46. The molecule has 0 fully saturated rings. The molecule has 0 amide bonds. The number of nitrogens with zero attached hydrogens (tertiary/aromatic N) is 1. The number of hydrogen-bond donors (Lipinski definition) is 1. The molecule has 6 heteroatoms. The number of nitrogens with one attached hydrogen (secondary N) is 1. The SMILES string of the molecule is COc1ccc(-c2cc(-c3ccc(OC)c(OC)c3)[nH]n2)cc1OC. The van der Waals surface area contributed by atoms with Crippen LogP contribution in [0.4, 0.5) is 0 Å². The van der Waals surface area contributed by atoms with Crippen LogP contribution in [0.3, 0.4) is 0 Å². The molecule has 0 aliphatic rings. The molecule has 0 aliphatic heterocycles. The molecule has 3 aromatic rings. The van der Waals surface area contributed by atoms with Crippen molar-refractivity contribution in [3.05, 3.63) is 42.5 Å². The Labute approximate surface area is 146 Å². The molecule has 130 valence electrons. The van der Waals surface area contributed by atoms with E-state index in [0.29, 0.717) is 23.0 Å². The summed E-state index contributed by atoms with van der Waals surface area (Å²) in [6.07, 6.45) is 0. The minimum atomic E-state index is 0.663. The number of rotatable bonds is 6. The van der Waals surface area contributed by atoms with Gasteiger partial charge >= 0.3 is 0 Å². The predicted molar refractivity (Wildman–Crippen MR) is 95.7 cm³/mol. The summed E-state index contributed by atoms with van der Waals surface area (Å²) in [5.41, 5.74) is 3.58. The zero-order valence-corrected chi connectivity index (χ0v) is 14.6. The molecular weight excluding hydrogens is 320 g/mol. The minimum absolute atomic E-state index is 0.663. The van der Waals surface area contributed by atoms with Crippen LogP contribution in [0.25, 0.3) is 22.5 Å². The van der Waals surface area contributed by atoms with Crippen LogP contribution in [0, 0.1) is 0 Å². The summed E-state index contributed by atoms with van der Waals surface area (Å²) in [5.74, 6) is 2.70. The molecule has 0 saturated heterocycles. The first-order valence-electron chi connectivity index (χ1n) is 7.70. The van der Waals surface area contributed by atoms with Gasteiger partial charge in [0.2, 0.25) is 0 Å². The summed E-state index contributed by atoms with van der Waals surface area (Å²) in [4.78, 5) is 0. The van der Waals surface area contributed by atoms with E-state index in [4.69, 9.17) is 18.9 Å². The van der Waals surface area contributed by atoms with E-state index in [2.05, 4.69) is 10.2 Å². The van der Waals surface area contributed by atoms with Crippen LogP contribution in [0.1, 0.15) is 0 Å². The van der Waals surface area contributed by atoms with Gasteiger partial charge in [0.25, 0.3) is 0 Å². The lowest BCUT2D eigenvalue weighted by atomic mass is 10.1.